The third-order valence-electron chi connectivity index (χ3n) is 5.38. The van der Waals surface area contributed by atoms with Gasteiger partial charge in [-0.15, -0.1) is 0 Å². The normalized spacial score (nSPS) is 11.7. The van der Waals surface area contributed by atoms with E-state index in [-0.39, 0.29) is 24.2 Å². The highest BCUT2D eigenvalue weighted by molar-refractivity contribution is 5.99. The minimum absolute atomic E-state index is 0.201. The molecule has 0 aliphatic rings. The van der Waals surface area contributed by atoms with Crippen molar-refractivity contribution >= 4 is 35.2 Å². The third kappa shape index (κ3) is 11.5. The Morgan fingerprint density at radius 3 is 2.32 bits per heavy atom. The quantitative estimate of drug-likeness (QED) is 0.240. The number of halogens is 1. The molecule has 10 heteroatoms. The summed E-state index contributed by atoms with van der Waals surface area (Å²) in [5, 5.41) is 11.5. The van der Waals surface area contributed by atoms with Gasteiger partial charge < -0.3 is 25.4 Å². The average molecular weight is 531 g/mol. The molecule has 0 fully saturated rings. The number of rotatable bonds is 12. The standard InChI is InChI=1S/C28H39FN4O5/c1-6-37-27(36)33-23-15-14-22(31-18-20-10-12-21(29)13-11-20)17-24(23)32-25(34)19(2)9-7-8-16-30-26(35)38-28(3,4)5/h10-15,17,19,31H,6-9,16,18H2,1-5H3,(H,30,35)(H,32,34)(H,33,36). The fourth-order valence-corrected chi connectivity index (χ4v) is 3.42. The zero-order chi connectivity index (χ0) is 28.1. The molecule has 0 saturated carbocycles. The van der Waals surface area contributed by atoms with E-state index in [2.05, 4.69) is 21.3 Å². The Balaban J connectivity index is 1.95. The lowest BCUT2D eigenvalue weighted by Gasteiger charge is -2.19. The molecule has 0 bridgehead atoms. The van der Waals surface area contributed by atoms with Crippen LogP contribution in [0.5, 0.6) is 0 Å². The van der Waals surface area contributed by atoms with Crippen LogP contribution in [0.1, 0.15) is 59.4 Å². The van der Waals surface area contributed by atoms with E-state index in [4.69, 9.17) is 9.47 Å². The predicted octanol–water partition coefficient (Wildman–Crippen LogP) is 6.28. The number of ether oxygens (including phenoxy) is 2. The number of unbranched alkanes of at least 4 members (excludes halogenated alkanes) is 1. The lowest BCUT2D eigenvalue weighted by Crippen LogP contribution is -2.33. The van der Waals surface area contributed by atoms with E-state index in [0.717, 1.165) is 12.0 Å². The second kappa shape index (κ2) is 14.8. The van der Waals surface area contributed by atoms with Gasteiger partial charge in [-0.25, -0.2) is 14.0 Å². The molecule has 1 unspecified atom stereocenters. The molecule has 0 heterocycles. The highest BCUT2D eigenvalue weighted by atomic mass is 19.1. The molecule has 4 N–H and O–H groups in total. The van der Waals surface area contributed by atoms with Crippen molar-refractivity contribution in [1.29, 1.82) is 0 Å². The van der Waals surface area contributed by atoms with Crippen LogP contribution in [0.15, 0.2) is 42.5 Å². The molecule has 208 valence electrons. The van der Waals surface area contributed by atoms with E-state index in [0.29, 0.717) is 43.0 Å². The SMILES string of the molecule is CCOC(=O)Nc1ccc(NCc2ccc(F)cc2)cc1NC(=O)C(C)CCCCNC(=O)OC(C)(C)C. The molecule has 0 aromatic heterocycles. The predicted molar refractivity (Wildman–Crippen MR) is 147 cm³/mol. The van der Waals surface area contributed by atoms with Crippen LogP contribution in [0.2, 0.25) is 0 Å². The van der Waals surface area contributed by atoms with Crippen molar-refractivity contribution in [3.63, 3.8) is 0 Å². The fourth-order valence-electron chi connectivity index (χ4n) is 3.42. The Labute approximate surface area is 223 Å². The van der Waals surface area contributed by atoms with Gasteiger partial charge in [-0.1, -0.05) is 25.5 Å². The Kier molecular flexibility index (Phi) is 11.8. The van der Waals surface area contributed by atoms with Crippen LogP contribution in [-0.4, -0.2) is 36.8 Å². The summed E-state index contributed by atoms with van der Waals surface area (Å²) in [6, 6.07) is 11.3. The van der Waals surface area contributed by atoms with Crippen LogP contribution >= 0.6 is 0 Å². The summed E-state index contributed by atoms with van der Waals surface area (Å²) in [5.41, 5.74) is 1.87. The number of amides is 3. The van der Waals surface area contributed by atoms with Gasteiger partial charge in [0.2, 0.25) is 5.91 Å². The van der Waals surface area contributed by atoms with Gasteiger partial charge in [-0.05, 0) is 76.4 Å². The number of carbonyl (C=O) groups excluding carboxylic acids is 3. The molecule has 1 atom stereocenters. The van der Waals surface area contributed by atoms with Crippen LogP contribution in [0, 0.1) is 11.7 Å². The van der Waals surface area contributed by atoms with Gasteiger partial charge in [0.25, 0.3) is 0 Å². The molecular formula is C28H39FN4O5. The maximum absolute atomic E-state index is 13.2. The van der Waals surface area contributed by atoms with E-state index in [1.165, 1.54) is 12.1 Å². The van der Waals surface area contributed by atoms with Crippen molar-refractivity contribution in [3.8, 4) is 0 Å². The molecule has 0 radical (unpaired) electrons. The minimum atomic E-state index is -0.624. The Morgan fingerprint density at radius 2 is 1.66 bits per heavy atom. The summed E-state index contributed by atoms with van der Waals surface area (Å²) in [7, 11) is 0. The summed E-state index contributed by atoms with van der Waals surface area (Å²) in [6.07, 6.45) is 0.969. The number of carbonyl (C=O) groups is 3. The number of hydrogen-bond donors (Lipinski definition) is 4. The summed E-state index contributed by atoms with van der Waals surface area (Å²) in [6.45, 7) is 10.1. The van der Waals surface area contributed by atoms with E-state index in [1.54, 1.807) is 58.0 Å². The Morgan fingerprint density at radius 1 is 0.947 bits per heavy atom. The molecule has 0 aliphatic heterocycles. The van der Waals surface area contributed by atoms with E-state index in [9.17, 15) is 18.8 Å². The van der Waals surface area contributed by atoms with E-state index < -0.39 is 17.8 Å². The average Bonchev–Trinajstić information content (AvgIpc) is 2.83. The van der Waals surface area contributed by atoms with Crippen molar-refractivity contribution in [2.75, 3.05) is 29.1 Å². The van der Waals surface area contributed by atoms with Gasteiger partial charge >= 0.3 is 12.2 Å². The van der Waals surface area contributed by atoms with Gasteiger partial charge in [0, 0.05) is 24.7 Å². The number of alkyl carbamates (subject to hydrolysis) is 1. The Hall–Kier alpha value is -3.82. The highest BCUT2D eigenvalue weighted by Crippen LogP contribution is 2.27. The molecule has 2 aromatic rings. The largest absolute Gasteiger partial charge is 0.450 e. The minimum Gasteiger partial charge on any atom is -0.450 e. The molecular weight excluding hydrogens is 491 g/mol. The summed E-state index contributed by atoms with van der Waals surface area (Å²) in [5.74, 6) is -0.808. The molecule has 3 amide bonds. The van der Waals surface area contributed by atoms with E-state index >= 15 is 0 Å². The number of nitrogens with one attached hydrogen (secondary N) is 4. The van der Waals surface area contributed by atoms with Crippen LogP contribution in [0.4, 0.5) is 31.0 Å². The van der Waals surface area contributed by atoms with Crippen molar-refractivity contribution in [1.82, 2.24) is 5.32 Å². The van der Waals surface area contributed by atoms with Crippen LogP contribution in [-0.2, 0) is 20.8 Å². The summed E-state index contributed by atoms with van der Waals surface area (Å²) >= 11 is 0. The van der Waals surface area contributed by atoms with Crippen molar-refractivity contribution in [2.45, 2.75) is 66.0 Å². The number of benzene rings is 2. The fraction of sp³-hybridized carbons (Fsp3) is 0.464. The molecule has 2 rings (SSSR count). The zero-order valence-electron chi connectivity index (χ0n) is 22.8. The monoisotopic (exact) mass is 530 g/mol. The highest BCUT2D eigenvalue weighted by Gasteiger charge is 2.18. The third-order valence-corrected chi connectivity index (χ3v) is 5.38. The number of hydrogen-bond acceptors (Lipinski definition) is 6. The molecule has 0 saturated heterocycles. The van der Waals surface area contributed by atoms with Gasteiger partial charge in [0.05, 0.1) is 18.0 Å². The maximum Gasteiger partial charge on any atom is 0.411 e. The molecule has 2 aromatic carbocycles. The Bertz CT molecular complexity index is 1070. The van der Waals surface area contributed by atoms with Crippen LogP contribution < -0.4 is 21.3 Å². The molecule has 38 heavy (non-hydrogen) atoms. The molecule has 0 aliphatic carbocycles. The lowest BCUT2D eigenvalue weighted by molar-refractivity contribution is -0.119. The second-order valence-electron chi connectivity index (χ2n) is 9.90. The first kappa shape index (κ1) is 30.4. The second-order valence-corrected chi connectivity index (χ2v) is 9.90. The maximum atomic E-state index is 13.2. The topological polar surface area (TPSA) is 118 Å². The first-order chi connectivity index (χ1) is 18.0. The van der Waals surface area contributed by atoms with Crippen LogP contribution in [0.3, 0.4) is 0 Å². The first-order valence-electron chi connectivity index (χ1n) is 12.8. The van der Waals surface area contributed by atoms with Gasteiger partial charge in [0.1, 0.15) is 11.4 Å². The van der Waals surface area contributed by atoms with E-state index in [1.807, 2.05) is 6.92 Å². The molecule has 0 spiro atoms. The number of anilines is 3. The van der Waals surface area contributed by atoms with Gasteiger partial charge in [-0.3, -0.25) is 10.1 Å². The zero-order valence-corrected chi connectivity index (χ0v) is 22.8. The van der Waals surface area contributed by atoms with Crippen molar-refractivity contribution in [2.24, 2.45) is 5.92 Å². The lowest BCUT2D eigenvalue weighted by atomic mass is 10.0. The van der Waals surface area contributed by atoms with Crippen molar-refractivity contribution < 1.29 is 28.2 Å². The molecule has 9 nitrogen and oxygen atoms in total. The van der Waals surface area contributed by atoms with Crippen LogP contribution in [0.25, 0.3) is 0 Å². The summed E-state index contributed by atoms with van der Waals surface area (Å²) in [4.78, 5) is 36.7. The smallest absolute Gasteiger partial charge is 0.411 e. The van der Waals surface area contributed by atoms with Gasteiger partial charge in [-0.2, -0.15) is 0 Å². The van der Waals surface area contributed by atoms with Crippen molar-refractivity contribution in [3.05, 3.63) is 53.8 Å². The first-order valence-corrected chi connectivity index (χ1v) is 12.8. The summed E-state index contributed by atoms with van der Waals surface area (Å²) < 4.78 is 23.3. The van der Waals surface area contributed by atoms with Gasteiger partial charge in [0.15, 0.2) is 0 Å².